The average Bonchev–Trinajstić information content (AvgIpc) is 3.54. The van der Waals surface area contributed by atoms with Gasteiger partial charge in [0.2, 0.25) is 41.4 Å². The van der Waals surface area contributed by atoms with Crippen molar-refractivity contribution in [2.45, 2.75) is 102 Å². The van der Waals surface area contributed by atoms with Gasteiger partial charge < -0.3 is 48.5 Å². The fourth-order valence-electron chi connectivity index (χ4n) is 5.65. The normalized spacial score (nSPS) is 17.2. The molecule has 1 heterocycles. The number of nitrogens with zero attached hydrogens (tertiary/aromatic N) is 1. The lowest BCUT2D eigenvalue weighted by molar-refractivity contribution is -0.142. The minimum atomic E-state index is -1.64. The Kier molecular flexibility index (Phi) is 16.3. The minimum Gasteiger partial charge on any atom is -0.394 e. The van der Waals surface area contributed by atoms with Gasteiger partial charge in [0.25, 0.3) is 0 Å². The molecule has 0 aromatic heterocycles. The van der Waals surface area contributed by atoms with E-state index in [2.05, 4.69) is 21.3 Å². The smallest absolute Gasteiger partial charge is 0.246 e. The van der Waals surface area contributed by atoms with Crippen molar-refractivity contribution in [3.8, 4) is 0 Å². The Morgan fingerprint density at radius 3 is 1.73 bits per heavy atom. The first-order valence-corrected chi connectivity index (χ1v) is 16.7. The zero-order valence-electron chi connectivity index (χ0n) is 29.2. The molecule has 0 aliphatic carbocycles. The molecule has 0 spiro atoms. The first kappa shape index (κ1) is 42.5. The van der Waals surface area contributed by atoms with Gasteiger partial charge in [0.05, 0.1) is 13.0 Å². The number of rotatable bonds is 19. The number of likely N-dealkylation sites (tertiary alicyclic amines) is 1. The fraction of sp³-hybridized carbons (Fsp3) is 0.606. The van der Waals surface area contributed by atoms with Crippen molar-refractivity contribution in [2.75, 3.05) is 13.2 Å². The maximum atomic E-state index is 14.6. The average molecular weight is 725 g/mol. The van der Waals surface area contributed by atoms with Crippen LogP contribution in [0.3, 0.4) is 0 Å². The van der Waals surface area contributed by atoms with Crippen molar-refractivity contribution >= 4 is 41.4 Å². The number of halogens is 2. The summed E-state index contributed by atoms with van der Waals surface area (Å²) in [6, 6.07) is -5.09. The van der Waals surface area contributed by atoms with Gasteiger partial charge in [0.1, 0.15) is 47.9 Å². The van der Waals surface area contributed by atoms with Crippen LogP contribution >= 0.6 is 0 Å². The van der Waals surface area contributed by atoms with Crippen LogP contribution in [0.1, 0.15) is 65.4 Å². The number of primary amides is 2. The lowest BCUT2D eigenvalue weighted by Gasteiger charge is -2.30. The van der Waals surface area contributed by atoms with Crippen LogP contribution in [0.4, 0.5) is 8.78 Å². The zero-order valence-corrected chi connectivity index (χ0v) is 29.2. The Morgan fingerprint density at radius 1 is 0.804 bits per heavy atom. The number of aliphatic hydroxyl groups is 1. The number of carbonyl (C=O) groups is 7. The highest BCUT2D eigenvalue weighted by Crippen LogP contribution is 2.19. The van der Waals surface area contributed by atoms with E-state index in [-0.39, 0.29) is 31.2 Å². The van der Waals surface area contributed by atoms with Crippen LogP contribution < -0.4 is 38.5 Å². The SMILES string of the molecule is CC(C)C[C@H](NC(=O)[C@H](Cc1c(F)cccc1F)NC(=O)[C@@H](N)CO)C(=O)N[C@@H](CC(C)C)C(=O)N[C@@H](CC(N)=O)C(=O)N1CCC[C@H]1C(N)=O. The van der Waals surface area contributed by atoms with Gasteiger partial charge in [-0.05, 0) is 49.7 Å². The molecule has 1 aliphatic heterocycles. The maximum Gasteiger partial charge on any atom is 0.246 e. The molecule has 0 saturated carbocycles. The van der Waals surface area contributed by atoms with Crippen LogP contribution in [0.15, 0.2) is 18.2 Å². The molecule has 11 N–H and O–H groups in total. The lowest BCUT2D eigenvalue weighted by atomic mass is 9.98. The third kappa shape index (κ3) is 12.8. The van der Waals surface area contributed by atoms with Crippen LogP contribution in [-0.2, 0) is 40.0 Å². The third-order valence-electron chi connectivity index (χ3n) is 8.20. The summed E-state index contributed by atoms with van der Waals surface area (Å²) >= 11 is 0. The highest BCUT2D eigenvalue weighted by atomic mass is 19.1. The number of hydrogen-bond donors (Lipinski definition) is 8. The molecule has 1 fully saturated rings. The number of carbonyl (C=O) groups excluding carboxylic acids is 7. The van der Waals surface area contributed by atoms with Crippen molar-refractivity contribution < 1.29 is 47.4 Å². The monoisotopic (exact) mass is 724 g/mol. The highest BCUT2D eigenvalue weighted by Gasteiger charge is 2.39. The Morgan fingerprint density at radius 2 is 1.27 bits per heavy atom. The molecule has 16 nitrogen and oxygen atoms in total. The van der Waals surface area contributed by atoms with Gasteiger partial charge in [-0.25, -0.2) is 8.78 Å². The predicted molar refractivity (Wildman–Crippen MR) is 179 cm³/mol. The third-order valence-corrected chi connectivity index (χ3v) is 8.20. The number of hydrogen-bond acceptors (Lipinski definition) is 9. The highest BCUT2D eigenvalue weighted by molar-refractivity contribution is 5.98. The molecule has 18 heteroatoms. The summed E-state index contributed by atoms with van der Waals surface area (Å²) in [5.74, 6) is -8.48. The molecule has 2 rings (SSSR count). The summed E-state index contributed by atoms with van der Waals surface area (Å²) < 4.78 is 29.1. The van der Waals surface area contributed by atoms with Gasteiger partial charge in [-0.1, -0.05) is 33.8 Å². The number of nitrogens with two attached hydrogens (primary N) is 3. The lowest BCUT2D eigenvalue weighted by Crippen LogP contribution is -2.60. The summed E-state index contributed by atoms with van der Waals surface area (Å²) in [4.78, 5) is 91.8. The Bertz CT molecular complexity index is 1420. The standard InChI is InChI=1S/C33H50F2N8O8/c1-16(2)11-22(41-32(50)24(39-29(47)21(36)15-44)13-18-19(34)7-5-8-20(18)35)30(48)40-23(12-17(3)4)31(49)42-25(14-27(37)45)33(51)43-10-6-9-26(43)28(38)46/h5,7-8,16-17,21-26,44H,6,9-15,36H2,1-4H3,(H2,37,45)(H2,38,46)(H,39,47)(H,40,48)(H,41,50)(H,42,49)/t21-,22-,23-,24-,25-,26-/m0/s1. The van der Waals surface area contributed by atoms with Gasteiger partial charge in [-0.2, -0.15) is 0 Å². The fourth-order valence-corrected chi connectivity index (χ4v) is 5.65. The van der Waals surface area contributed by atoms with E-state index < -0.39 is 114 Å². The van der Waals surface area contributed by atoms with E-state index in [9.17, 15) is 47.4 Å². The molecular weight excluding hydrogens is 674 g/mol. The predicted octanol–water partition coefficient (Wildman–Crippen LogP) is -1.79. The summed E-state index contributed by atoms with van der Waals surface area (Å²) in [7, 11) is 0. The number of amides is 7. The summed E-state index contributed by atoms with van der Waals surface area (Å²) in [6.45, 7) is 6.39. The Hall–Kier alpha value is -4.71. The van der Waals surface area contributed by atoms with Gasteiger partial charge in [0, 0.05) is 18.5 Å². The van der Waals surface area contributed by atoms with E-state index >= 15 is 0 Å². The topological polar surface area (TPSA) is 269 Å². The van der Waals surface area contributed by atoms with Gasteiger partial charge in [-0.15, -0.1) is 0 Å². The number of benzene rings is 1. The van der Waals surface area contributed by atoms with E-state index in [0.717, 1.165) is 18.2 Å². The summed E-state index contributed by atoms with van der Waals surface area (Å²) in [5.41, 5.74) is 15.9. The molecule has 51 heavy (non-hydrogen) atoms. The van der Waals surface area contributed by atoms with Crippen molar-refractivity contribution in [1.82, 2.24) is 26.2 Å². The van der Waals surface area contributed by atoms with Crippen LogP contribution in [0.5, 0.6) is 0 Å². The summed E-state index contributed by atoms with van der Waals surface area (Å²) in [5, 5.41) is 19.1. The Labute approximate surface area is 295 Å². The largest absolute Gasteiger partial charge is 0.394 e. The van der Waals surface area contributed by atoms with Gasteiger partial charge in [0.15, 0.2) is 0 Å². The summed E-state index contributed by atoms with van der Waals surface area (Å²) in [6.07, 6.45) is -0.428. The number of nitrogens with one attached hydrogen (secondary N) is 4. The second-order valence-corrected chi connectivity index (χ2v) is 13.5. The van der Waals surface area contributed by atoms with E-state index in [4.69, 9.17) is 17.2 Å². The van der Waals surface area contributed by atoms with E-state index in [1.807, 2.05) is 0 Å². The Balaban J connectivity index is 2.35. The van der Waals surface area contributed by atoms with Crippen molar-refractivity contribution in [3.63, 3.8) is 0 Å². The molecule has 284 valence electrons. The first-order valence-electron chi connectivity index (χ1n) is 16.7. The van der Waals surface area contributed by atoms with Gasteiger partial charge in [-0.3, -0.25) is 33.6 Å². The van der Waals surface area contributed by atoms with E-state index in [1.165, 1.54) is 4.90 Å². The molecule has 1 aromatic rings. The van der Waals surface area contributed by atoms with Crippen molar-refractivity contribution in [3.05, 3.63) is 35.4 Å². The molecule has 0 unspecified atom stereocenters. The van der Waals surface area contributed by atoms with E-state index in [0.29, 0.717) is 12.8 Å². The molecule has 1 aromatic carbocycles. The van der Waals surface area contributed by atoms with Crippen LogP contribution in [-0.4, -0.2) is 101 Å². The molecule has 1 saturated heterocycles. The second-order valence-electron chi connectivity index (χ2n) is 13.5. The van der Waals surface area contributed by atoms with Crippen molar-refractivity contribution in [2.24, 2.45) is 29.0 Å². The molecule has 7 amide bonds. The van der Waals surface area contributed by atoms with Crippen LogP contribution in [0.25, 0.3) is 0 Å². The van der Waals surface area contributed by atoms with Crippen LogP contribution in [0, 0.1) is 23.5 Å². The quantitative estimate of drug-likeness (QED) is 0.0800. The van der Waals surface area contributed by atoms with Crippen LogP contribution in [0.2, 0.25) is 0 Å². The molecular formula is C33H50F2N8O8. The van der Waals surface area contributed by atoms with Gasteiger partial charge >= 0.3 is 0 Å². The zero-order chi connectivity index (χ0) is 38.6. The number of aliphatic hydroxyl groups excluding tert-OH is 1. The molecule has 0 bridgehead atoms. The van der Waals surface area contributed by atoms with Crippen molar-refractivity contribution in [1.29, 1.82) is 0 Å². The second kappa shape index (κ2) is 19.6. The van der Waals surface area contributed by atoms with E-state index in [1.54, 1.807) is 27.7 Å². The molecule has 6 atom stereocenters. The minimum absolute atomic E-state index is 0.0186. The molecule has 0 radical (unpaired) electrons. The maximum absolute atomic E-state index is 14.6. The first-order chi connectivity index (χ1) is 23.9. The molecule has 1 aliphatic rings.